The average molecular weight is 324 g/mol. The van der Waals surface area contributed by atoms with Crippen molar-refractivity contribution in [2.45, 2.75) is 6.42 Å². The Balaban J connectivity index is 1.91. The van der Waals surface area contributed by atoms with Gasteiger partial charge >= 0.3 is 7.75 Å². The first kappa shape index (κ1) is 14.5. The lowest BCUT2D eigenvalue weighted by Crippen LogP contribution is -2.30. The van der Waals surface area contributed by atoms with Gasteiger partial charge in [-0.25, -0.2) is 4.57 Å². The second-order valence-corrected chi connectivity index (χ2v) is 6.96. The van der Waals surface area contributed by atoms with Gasteiger partial charge in [-0.05, 0) is 36.8 Å². The van der Waals surface area contributed by atoms with E-state index in [0.717, 1.165) is 12.1 Å². The highest BCUT2D eigenvalue weighted by Crippen LogP contribution is 2.55. The second kappa shape index (κ2) is 6.10. The van der Waals surface area contributed by atoms with E-state index in [1.165, 1.54) is 0 Å². The highest BCUT2D eigenvalue weighted by atomic mass is 35.5. The van der Waals surface area contributed by atoms with E-state index in [1.807, 2.05) is 30.3 Å². The Bertz CT molecular complexity index is 665. The van der Waals surface area contributed by atoms with Crippen LogP contribution in [0.2, 0.25) is 5.02 Å². The molecule has 1 aliphatic rings. The van der Waals surface area contributed by atoms with Crippen molar-refractivity contribution in [2.75, 3.05) is 17.8 Å². The van der Waals surface area contributed by atoms with Gasteiger partial charge in [0.2, 0.25) is 0 Å². The van der Waals surface area contributed by atoms with Crippen LogP contribution in [0, 0.1) is 0 Å². The molecule has 1 atom stereocenters. The maximum Gasteiger partial charge on any atom is 0.489 e. The van der Waals surface area contributed by atoms with E-state index in [-0.39, 0.29) is 0 Å². The SMILES string of the molecule is O=P1(Oc2cccc(Cl)c2)OCCCN1c1ccccc1. The van der Waals surface area contributed by atoms with E-state index in [0.29, 0.717) is 23.9 Å². The Kier molecular flexibility index (Phi) is 4.20. The number of benzene rings is 2. The summed E-state index contributed by atoms with van der Waals surface area (Å²) in [6.07, 6.45) is 0.803. The van der Waals surface area contributed by atoms with Crippen LogP contribution in [0.15, 0.2) is 54.6 Å². The van der Waals surface area contributed by atoms with Gasteiger partial charge in [0.05, 0.1) is 6.61 Å². The minimum Gasteiger partial charge on any atom is -0.409 e. The molecule has 1 fully saturated rings. The monoisotopic (exact) mass is 323 g/mol. The first-order valence-corrected chi connectivity index (χ1v) is 8.57. The van der Waals surface area contributed by atoms with Gasteiger partial charge in [-0.1, -0.05) is 35.9 Å². The molecule has 0 radical (unpaired) electrons. The van der Waals surface area contributed by atoms with E-state index in [1.54, 1.807) is 28.9 Å². The predicted molar refractivity (Wildman–Crippen MR) is 84.0 cm³/mol. The highest BCUT2D eigenvalue weighted by molar-refractivity contribution is 7.56. The molecule has 0 N–H and O–H groups in total. The quantitative estimate of drug-likeness (QED) is 0.764. The standard InChI is InChI=1S/C15H15ClNO3P/c16-13-6-4-9-15(12-13)20-21(18)17(10-5-11-19-21)14-7-2-1-3-8-14/h1-4,6-9,12H,5,10-11H2. The molecule has 110 valence electrons. The second-order valence-electron chi connectivity index (χ2n) is 4.66. The molecule has 6 heteroatoms. The molecule has 1 unspecified atom stereocenters. The lowest BCUT2D eigenvalue weighted by molar-refractivity contribution is 0.242. The van der Waals surface area contributed by atoms with Crippen molar-refractivity contribution < 1.29 is 13.6 Å². The molecule has 0 amide bonds. The van der Waals surface area contributed by atoms with E-state index < -0.39 is 7.75 Å². The number of hydrogen-bond acceptors (Lipinski definition) is 3. The van der Waals surface area contributed by atoms with Crippen molar-refractivity contribution in [1.29, 1.82) is 0 Å². The Morgan fingerprint density at radius 1 is 1.14 bits per heavy atom. The first-order chi connectivity index (χ1) is 10.2. The average Bonchev–Trinajstić information content (AvgIpc) is 2.48. The van der Waals surface area contributed by atoms with E-state index in [9.17, 15) is 4.57 Å². The molecule has 1 saturated heterocycles. The van der Waals surface area contributed by atoms with E-state index in [4.69, 9.17) is 20.6 Å². The normalized spacial score (nSPS) is 22.0. The molecular weight excluding hydrogens is 309 g/mol. The Hall–Kier alpha value is -1.48. The number of para-hydroxylation sites is 1. The largest absolute Gasteiger partial charge is 0.489 e. The zero-order valence-electron chi connectivity index (χ0n) is 11.3. The number of rotatable bonds is 3. The Morgan fingerprint density at radius 3 is 2.71 bits per heavy atom. The summed E-state index contributed by atoms with van der Waals surface area (Å²) in [5, 5.41) is 0.530. The van der Waals surface area contributed by atoms with Gasteiger partial charge < -0.3 is 4.52 Å². The molecular formula is C15H15ClNO3P. The molecule has 0 aromatic heterocycles. The summed E-state index contributed by atoms with van der Waals surface area (Å²) in [6, 6.07) is 16.3. The van der Waals surface area contributed by atoms with Crippen molar-refractivity contribution in [3.05, 3.63) is 59.6 Å². The molecule has 0 spiro atoms. The van der Waals surface area contributed by atoms with Crippen LogP contribution in [0.4, 0.5) is 5.69 Å². The molecule has 0 saturated carbocycles. The topological polar surface area (TPSA) is 38.8 Å². The van der Waals surface area contributed by atoms with Crippen molar-refractivity contribution >= 4 is 25.0 Å². The van der Waals surface area contributed by atoms with Crippen LogP contribution < -0.4 is 9.19 Å². The van der Waals surface area contributed by atoms with Crippen molar-refractivity contribution in [3.63, 3.8) is 0 Å². The molecule has 1 heterocycles. The fourth-order valence-electron chi connectivity index (χ4n) is 2.19. The van der Waals surface area contributed by atoms with Crippen LogP contribution in [0.3, 0.4) is 0 Å². The van der Waals surface area contributed by atoms with Gasteiger partial charge in [0, 0.05) is 17.3 Å². The lowest BCUT2D eigenvalue weighted by Gasteiger charge is -2.35. The summed E-state index contributed by atoms with van der Waals surface area (Å²) in [5.41, 5.74) is 0.822. The van der Waals surface area contributed by atoms with E-state index >= 15 is 0 Å². The van der Waals surface area contributed by atoms with E-state index in [2.05, 4.69) is 0 Å². The molecule has 21 heavy (non-hydrogen) atoms. The number of nitrogens with zero attached hydrogens (tertiary/aromatic N) is 1. The van der Waals surface area contributed by atoms with Gasteiger partial charge in [0.25, 0.3) is 0 Å². The van der Waals surface area contributed by atoms with Crippen LogP contribution in [0.5, 0.6) is 5.75 Å². The van der Waals surface area contributed by atoms with Crippen molar-refractivity contribution in [2.24, 2.45) is 0 Å². The van der Waals surface area contributed by atoms with Crippen LogP contribution >= 0.6 is 19.3 Å². The smallest absolute Gasteiger partial charge is 0.409 e. The molecule has 4 nitrogen and oxygen atoms in total. The van der Waals surface area contributed by atoms with Crippen LogP contribution in [0.1, 0.15) is 6.42 Å². The fraction of sp³-hybridized carbons (Fsp3) is 0.200. The zero-order chi connectivity index (χ0) is 14.7. The summed E-state index contributed by atoms with van der Waals surface area (Å²) < 4.78 is 25.9. The van der Waals surface area contributed by atoms with Crippen molar-refractivity contribution in [1.82, 2.24) is 0 Å². The fourth-order valence-corrected chi connectivity index (χ4v) is 4.20. The molecule has 1 aliphatic heterocycles. The molecule has 3 rings (SSSR count). The summed E-state index contributed by atoms with van der Waals surface area (Å²) in [4.78, 5) is 0. The number of halogens is 1. The summed E-state index contributed by atoms with van der Waals surface area (Å²) in [5.74, 6) is 0.439. The first-order valence-electron chi connectivity index (χ1n) is 6.70. The highest BCUT2D eigenvalue weighted by Gasteiger charge is 2.38. The number of hydrogen-bond donors (Lipinski definition) is 0. The molecule has 2 aromatic carbocycles. The van der Waals surface area contributed by atoms with Crippen LogP contribution in [-0.2, 0) is 9.09 Å². The van der Waals surface area contributed by atoms with Gasteiger partial charge in [0.15, 0.2) is 0 Å². The van der Waals surface area contributed by atoms with Gasteiger partial charge in [0.1, 0.15) is 5.75 Å². The molecule has 2 aromatic rings. The third kappa shape index (κ3) is 3.24. The zero-order valence-corrected chi connectivity index (χ0v) is 13.0. The third-order valence-corrected chi connectivity index (χ3v) is 5.34. The maximum absolute atomic E-state index is 13.1. The molecule has 0 aliphatic carbocycles. The van der Waals surface area contributed by atoms with Gasteiger partial charge in [-0.2, -0.15) is 0 Å². The predicted octanol–water partition coefficient (Wildman–Crippen LogP) is 4.75. The third-order valence-electron chi connectivity index (χ3n) is 3.14. The summed E-state index contributed by atoms with van der Waals surface area (Å²) in [7, 11) is -3.41. The maximum atomic E-state index is 13.1. The van der Waals surface area contributed by atoms with Crippen LogP contribution in [-0.4, -0.2) is 13.2 Å². The summed E-state index contributed by atoms with van der Waals surface area (Å²) in [6.45, 7) is 1.04. The van der Waals surface area contributed by atoms with Crippen molar-refractivity contribution in [3.8, 4) is 5.75 Å². The minimum atomic E-state index is -3.41. The minimum absolute atomic E-state index is 0.418. The van der Waals surface area contributed by atoms with Gasteiger partial charge in [-0.15, -0.1) is 0 Å². The Labute approximate surface area is 128 Å². The van der Waals surface area contributed by atoms with Crippen LogP contribution in [0.25, 0.3) is 0 Å². The van der Waals surface area contributed by atoms with Gasteiger partial charge in [-0.3, -0.25) is 9.19 Å². The number of anilines is 1. The molecule has 0 bridgehead atoms. The lowest BCUT2D eigenvalue weighted by atomic mass is 10.3. The summed E-state index contributed by atoms with van der Waals surface area (Å²) >= 11 is 5.94. The Morgan fingerprint density at radius 2 is 1.95 bits per heavy atom.